The van der Waals surface area contributed by atoms with Crippen LogP contribution in [0.4, 0.5) is 0 Å². The first-order chi connectivity index (χ1) is 11.0. The third-order valence-corrected chi connectivity index (χ3v) is 3.60. The molecule has 0 aromatic carbocycles. The number of aliphatic hydroxyl groups excluding tert-OH is 2. The lowest BCUT2D eigenvalue weighted by atomic mass is 9.97. The standard InChI is InChI=1S/C14H21N3O7/c1-14(2,3)13(22)23-4-6-8(18)9(19)12(24-6)17-5-16-7(10(15)20)11(17)21/h5-6,8-9,12,18-19,21H,4H2,1-3H3,(H2,15,20)/t6-,8-,9-,12-/m1/s1. The summed E-state index contributed by atoms with van der Waals surface area (Å²) in [5.41, 5.74) is 3.94. The van der Waals surface area contributed by atoms with E-state index in [-0.39, 0.29) is 12.3 Å². The van der Waals surface area contributed by atoms with Crippen LogP contribution in [0.1, 0.15) is 37.5 Å². The summed E-state index contributed by atoms with van der Waals surface area (Å²) in [6.07, 6.45) is -3.95. The molecule has 0 bridgehead atoms. The number of carbonyl (C=O) groups is 2. The molecule has 4 atom stereocenters. The molecule has 10 heteroatoms. The lowest BCUT2D eigenvalue weighted by molar-refractivity contribution is -0.159. The number of hydrogen-bond donors (Lipinski definition) is 4. The fourth-order valence-electron chi connectivity index (χ4n) is 2.19. The van der Waals surface area contributed by atoms with Gasteiger partial charge < -0.3 is 30.5 Å². The van der Waals surface area contributed by atoms with E-state index in [2.05, 4.69) is 4.98 Å². The molecule has 1 saturated heterocycles. The average Bonchev–Trinajstić information content (AvgIpc) is 2.98. The van der Waals surface area contributed by atoms with Gasteiger partial charge in [0.05, 0.1) is 5.41 Å². The molecule has 1 amide bonds. The van der Waals surface area contributed by atoms with Gasteiger partial charge in [-0.3, -0.25) is 14.2 Å². The summed E-state index contributed by atoms with van der Waals surface area (Å²) in [5, 5.41) is 30.0. The summed E-state index contributed by atoms with van der Waals surface area (Å²) in [7, 11) is 0. The normalized spacial score (nSPS) is 27.2. The smallest absolute Gasteiger partial charge is 0.311 e. The van der Waals surface area contributed by atoms with Crippen molar-refractivity contribution in [3.8, 4) is 5.88 Å². The van der Waals surface area contributed by atoms with Crippen molar-refractivity contribution in [2.75, 3.05) is 6.61 Å². The molecule has 1 fully saturated rings. The van der Waals surface area contributed by atoms with Gasteiger partial charge in [0.25, 0.3) is 5.91 Å². The predicted octanol–water partition coefficient (Wildman–Crippen LogP) is -1.10. The Hall–Kier alpha value is -2.17. The van der Waals surface area contributed by atoms with E-state index in [1.165, 1.54) is 0 Å². The second-order valence-electron chi connectivity index (χ2n) is 6.58. The monoisotopic (exact) mass is 343 g/mol. The minimum absolute atomic E-state index is 0.275. The topological polar surface area (TPSA) is 157 Å². The first-order valence-corrected chi connectivity index (χ1v) is 7.28. The van der Waals surface area contributed by atoms with Gasteiger partial charge in [0.2, 0.25) is 5.88 Å². The van der Waals surface area contributed by atoms with Crippen LogP contribution in [-0.4, -0.2) is 61.7 Å². The number of carbonyl (C=O) groups excluding carboxylic acids is 2. The summed E-state index contributed by atoms with van der Waals surface area (Å²) in [5.74, 6) is -2.03. The highest BCUT2D eigenvalue weighted by molar-refractivity contribution is 5.93. The van der Waals surface area contributed by atoms with Gasteiger partial charge in [-0.15, -0.1) is 0 Å². The van der Waals surface area contributed by atoms with Gasteiger partial charge in [-0.2, -0.15) is 0 Å². The summed E-state index contributed by atoms with van der Waals surface area (Å²) in [6, 6.07) is 0. The van der Waals surface area contributed by atoms with Crippen LogP contribution in [-0.2, 0) is 14.3 Å². The van der Waals surface area contributed by atoms with Crippen molar-refractivity contribution >= 4 is 11.9 Å². The SMILES string of the molecule is CC(C)(C)C(=O)OC[C@H]1O[C@@H](n2cnc(C(N)=O)c2O)[C@H](O)[C@@H]1O. The number of nitrogens with two attached hydrogens (primary N) is 1. The van der Waals surface area contributed by atoms with Crippen molar-refractivity contribution in [3.05, 3.63) is 12.0 Å². The summed E-state index contributed by atoms with van der Waals surface area (Å²) in [6.45, 7) is 4.75. The van der Waals surface area contributed by atoms with E-state index in [9.17, 15) is 24.9 Å². The number of esters is 1. The Balaban J connectivity index is 2.10. The fourth-order valence-corrected chi connectivity index (χ4v) is 2.19. The summed E-state index contributed by atoms with van der Waals surface area (Å²) in [4.78, 5) is 26.5. The largest absolute Gasteiger partial charge is 0.493 e. The molecular formula is C14H21N3O7. The fraction of sp³-hybridized carbons (Fsp3) is 0.643. The van der Waals surface area contributed by atoms with Gasteiger partial charge in [-0.05, 0) is 20.8 Å². The highest BCUT2D eigenvalue weighted by Gasteiger charge is 2.45. The van der Waals surface area contributed by atoms with Crippen LogP contribution in [0.25, 0.3) is 0 Å². The molecule has 0 spiro atoms. The molecule has 0 aliphatic carbocycles. The van der Waals surface area contributed by atoms with Crippen LogP contribution in [0.2, 0.25) is 0 Å². The lowest BCUT2D eigenvalue weighted by Crippen LogP contribution is -2.35. The number of nitrogens with zero attached hydrogens (tertiary/aromatic N) is 2. The number of ether oxygens (including phenoxy) is 2. The number of aromatic hydroxyl groups is 1. The van der Waals surface area contributed by atoms with Crippen LogP contribution in [0.3, 0.4) is 0 Å². The van der Waals surface area contributed by atoms with E-state index in [4.69, 9.17) is 15.2 Å². The molecular weight excluding hydrogens is 322 g/mol. The zero-order valence-corrected chi connectivity index (χ0v) is 13.5. The molecule has 0 unspecified atom stereocenters. The molecule has 1 aliphatic rings. The number of primary amides is 1. The molecule has 2 heterocycles. The maximum Gasteiger partial charge on any atom is 0.311 e. The van der Waals surface area contributed by atoms with Gasteiger partial charge in [0, 0.05) is 0 Å². The van der Waals surface area contributed by atoms with Crippen molar-refractivity contribution in [2.45, 2.75) is 45.3 Å². The van der Waals surface area contributed by atoms with Crippen molar-refractivity contribution in [3.63, 3.8) is 0 Å². The second kappa shape index (κ2) is 6.38. The van der Waals surface area contributed by atoms with E-state index >= 15 is 0 Å². The Kier molecular flexibility index (Phi) is 4.83. The molecule has 1 aliphatic heterocycles. The number of hydrogen-bond acceptors (Lipinski definition) is 8. The predicted molar refractivity (Wildman–Crippen MR) is 78.7 cm³/mol. The van der Waals surface area contributed by atoms with Gasteiger partial charge in [0.1, 0.15) is 31.2 Å². The zero-order chi connectivity index (χ0) is 18.2. The van der Waals surface area contributed by atoms with Gasteiger partial charge in [0.15, 0.2) is 11.9 Å². The Morgan fingerprint density at radius 2 is 2.00 bits per heavy atom. The van der Waals surface area contributed by atoms with E-state index in [1.807, 2.05) is 0 Å². The Labute approximate surface area is 137 Å². The molecule has 134 valence electrons. The van der Waals surface area contributed by atoms with Crippen LogP contribution in [0, 0.1) is 5.41 Å². The van der Waals surface area contributed by atoms with E-state index in [0.29, 0.717) is 0 Å². The van der Waals surface area contributed by atoms with Crippen molar-refractivity contribution in [1.82, 2.24) is 9.55 Å². The molecule has 1 aromatic heterocycles. The Morgan fingerprint density at radius 3 is 2.50 bits per heavy atom. The number of amides is 1. The quantitative estimate of drug-likeness (QED) is 0.501. The van der Waals surface area contributed by atoms with Crippen molar-refractivity contribution in [2.24, 2.45) is 11.1 Å². The molecule has 0 radical (unpaired) electrons. The van der Waals surface area contributed by atoms with E-state index in [0.717, 1.165) is 10.9 Å². The van der Waals surface area contributed by atoms with E-state index in [1.54, 1.807) is 20.8 Å². The third-order valence-electron chi connectivity index (χ3n) is 3.60. The van der Waals surface area contributed by atoms with Gasteiger partial charge in [-0.1, -0.05) is 0 Å². The van der Waals surface area contributed by atoms with Crippen LogP contribution in [0.5, 0.6) is 5.88 Å². The van der Waals surface area contributed by atoms with Crippen molar-refractivity contribution < 1.29 is 34.4 Å². The Bertz CT molecular complexity index is 637. The highest BCUT2D eigenvalue weighted by atomic mass is 16.6. The summed E-state index contributed by atoms with van der Waals surface area (Å²) >= 11 is 0. The van der Waals surface area contributed by atoms with Crippen molar-refractivity contribution in [1.29, 1.82) is 0 Å². The molecule has 24 heavy (non-hydrogen) atoms. The molecule has 1 aromatic rings. The first-order valence-electron chi connectivity index (χ1n) is 7.28. The zero-order valence-electron chi connectivity index (χ0n) is 13.5. The molecule has 10 nitrogen and oxygen atoms in total. The number of imidazole rings is 1. The van der Waals surface area contributed by atoms with Crippen LogP contribution < -0.4 is 5.73 Å². The lowest BCUT2D eigenvalue weighted by Gasteiger charge is -2.20. The van der Waals surface area contributed by atoms with Gasteiger partial charge in [-0.25, -0.2) is 4.98 Å². The third kappa shape index (κ3) is 3.35. The average molecular weight is 343 g/mol. The molecule has 0 saturated carbocycles. The Morgan fingerprint density at radius 1 is 1.38 bits per heavy atom. The minimum Gasteiger partial charge on any atom is -0.493 e. The summed E-state index contributed by atoms with van der Waals surface area (Å²) < 4.78 is 11.5. The number of aliphatic hydroxyl groups is 2. The number of aromatic nitrogens is 2. The molecule has 5 N–H and O–H groups in total. The van der Waals surface area contributed by atoms with E-state index < -0.39 is 47.7 Å². The van der Waals surface area contributed by atoms with Crippen LogP contribution >= 0.6 is 0 Å². The first kappa shape index (κ1) is 18.2. The highest BCUT2D eigenvalue weighted by Crippen LogP contribution is 2.33. The maximum absolute atomic E-state index is 11.8. The van der Waals surface area contributed by atoms with Gasteiger partial charge >= 0.3 is 5.97 Å². The second-order valence-corrected chi connectivity index (χ2v) is 6.58. The number of rotatable bonds is 4. The maximum atomic E-state index is 11.8. The van der Waals surface area contributed by atoms with Crippen LogP contribution in [0.15, 0.2) is 6.33 Å². The minimum atomic E-state index is -1.43. The molecule has 2 rings (SSSR count).